The van der Waals surface area contributed by atoms with Crippen LogP contribution in [0.3, 0.4) is 0 Å². The second-order valence-corrected chi connectivity index (χ2v) is 1.35. The molecule has 0 amide bonds. The average molecular weight is 94.1 g/mol. The topological polar surface area (TPSA) is 0 Å². The van der Waals surface area contributed by atoms with Crippen LogP contribution >= 0.6 is 0 Å². The van der Waals surface area contributed by atoms with Gasteiger partial charge in [-0.15, -0.1) is 0 Å². The van der Waals surface area contributed by atoms with Crippen molar-refractivity contribution >= 4 is 0 Å². The van der Waals surface area contributed by atoms with E-state index in [1.54, 1.807) is 0 Å². The summed E-state index contributed by atoms with van der Waals surface area (Å²) < 4.78 is 0. The fraction of sp³-hybridized carbons (Fsp3) is 0.833. The van der Waals surface area contributed by atoms with Crippen molar-refractivity contribution in [2.24, 2.45) is 0 Å². The minimum absolute atomic E-state index is 0. The normalized spacial score (nSPS) is 6.00. The van der Waals surface area contributed by atoms with E-state index in [1.165, 1.54) is 19.3 Å². The first-order valence-electron chi connectivity index (χ1n) is 2.41. The molecular weight excluding hydrogens is 79.0 g/mol. The van der Waals surface area contributed by atoms with E-state index in [2.05, 4.69) is 13.8 Å². The Morgan fingerprint density at radius 1 is 1.00 bits per heavy atom. The Labute approximate surface area is 59.9 Å². The first kappa shape index (κ1) is 15.6. The predicted molar refractivity (Wildman–Crippen MR) is 31.6 cm³/mol. The Hall–Kier alpha value is 0.597. The molecule has 0 bridgehead atoms. The van der Waals surface area contributed by atoms with Gasteiger partial charge in [0.2, 0.25) is 0 Å². The summed E-state index contributed by atoms with van der Waals surface area (Å²) in [4.78, 5) is 0. The minimum atomic E-state index is 0. The Kier molecular flexibility index (Phi) is 35.7. The summed E-state index contributed by atoms with van der Waals surface area (Å²) in [5.74, 6) is 0. The van der Waals surface area contributed by atoms with Crippen LogP contribution < -0.4 is 18.9 Å². The van der Waals surface area contributed by atoms with E-state index in [-0.39, 0.29) is 26.3 Å². The maximum absolute atomic E-state index is 2.21. The Bertz CT molecular complexity index is 11.7. The van der Waals surface area contributed by atoms with Crippen molar-refractivity contribution in [3.8, 4) is 0 Å². The van der Waals surface area contributed by atoms with Gasteiger partial charge in [0.25, 0.3) is 0 Å². The van der Waals surface area contributed by atoms with Gasteiger partial charge in [0.15, 0.2) is 0 Å². The van der Waals surface area contributed by atoms with Crippen molar-refractivity contribution in [3.63, 3.8) is 0 Å². The standard InChI is InChI=1S/C5H12.CH3.Li/c1-3-5-4-2;;/h3-5H2,1-2H3;1H3;/q;-1;+1. The smallest absolute Gasteiger partial charge is 0.358 e. The molecule has 0 atom stereocenters. The Morgan fingerprint density at radius 2 is 1.29 bits per heavy atom. The molecule has 0 aromatic heterocycles. The molecule has 0 rings (SSSR count). The van der Waals surface area contributed by atoms with Gasteiger partial charge in [-0.25, -0.2) is 0 Å². The molecule has 0 aromatic rings. The van der Waals surface area contributed by atoms with Crippen molar-refractivity contribution in [1.29, 1.82) is 0 Å². The molecule has 0 aliphatic heterocycles. The van der Waals surface area contributed by atoms with Gasteiger partial charge in [-0.3, -0.25) is 0 Å². The maximum Gasteiger partial charge on any atom is 1.00 e. The summed E-state index contributed by atoms with van der Waals surface area (Å²) >= 11 is 0. The molecule has 0 saturated heterocycles. The zero-order valence-electron chi connectivity index (χ0n) is 6.12. The number of unbranched alkanes of at least 4 members (excludes halogenated alkanes) is 2. The van der Waals surface area contributed by atoms with Gasteiger partial charge in [0.1, 0.15) is 0 Å². The molecule has 0 radical (unpaired) electrons. The van der Waals surface area contributed by atoms with E-state index in [4.69, 9.17) is 0 Å². The summed E-state index contributed by atoms with van der Waals surface area (Å²) in [6, 6.07) is 0. The maximum atomic E-state index is 2.21. The van der Waals surface area contributed by atoms with Crippen LogP contribution in [0.25, 0.3) is 0 Å². The van der Waals surface area contributed by atoms with Crippen molar-refractivity contribution in [2.75, 3.05) is 0 Å². The van der Waals surface area contributed by atoms with E-state index in [0.29, 0.717) is 0 Å². The van der Waals surface area contributed by atoms with Crippen LogP contribution in [0.4, 0.5) is 0 Å². The molecule has 0 spiro atoms. The second kappa shape index (κ2) is 16.0. The van der Waals surface area contributed by atoms with Gasteiger partial charge in [-0.2, -0.15) is 0 Å². The predicted octanol–water partition coefficient (Wildman–Crippen LogP) is -0.349. The van der Waals surface area contributed by atoms with Gasteiger partial charge < -0.3 is 7.43 Å². The molecule has 7 heavy (non-hydrogen) atoms. The number of rotatable bonds is 2. The SMILES string of the molecule is CCCCC.[CH3-].[Li+]. The third-order valence-corrected chi connectivity index (χ3v) is 0.707. The molecule has 1 heteroatoms. The summed E-state index contributed by atoms with van der Waals surface area (Å²) in [6.45, 7) is 4.42. The van der Waals surface area contributed by atoms with E-state index < -0.39 is 0 Å². The van der Waals surface area contributed by atoms with Gasteiger partial charge in [0.05, 0.1) is 0 Å². The van der Waals surface area contributed by atoms with Crippen LogP contribution in [0.15, 0.2) is 0 Å². The molecule has 0 aliphatic carbocycles. The van der Waals surface area contributed by atoms with Gasteiger partial charge >= 0.3 is 18.9 Å². The first-order chi connectivity index (χ1) is 2.41. The largest absolute Gasteiger partial charge is 1.00 e. The van der Waals surface area contributed by atoms with Crippen LogP contribution in [0, 0.1) is 7.43 Å². The average Bonchev–Trinajstić information content (AvgIpc) is 1.41. The van der Waals surface area contributed by atoms with Gasteiger partial charge in [-0.1, -0.05) is 33.1 Å². The molecule has 0 unspecified atom stereocenters. The molecule has 0 aromatic carbocycles. The van der Waals surface area contributed by atoms with Crippen LogP contribution in [-0.4, -0.2) is 0 Å². The number of hydrogen-bond donors (Lipinski definition) is 0. The number of hydrogen-bond acceptors (Lipinski definition) is 0. The molecular formula is C6H15Li. The van der Waals surface area contributed by atoms with Crippen molar-refractivity contribution < 1.29 is 18.9 Å². The zero-order valence-corrected chi connectivity index (χ0v) is 6.12. The van der Waals surface area contributed by atoms with Crippen molar-refractivity contribution in [2.45, 2.75) is 33.1 Å². The third-order valence-electron chi connectivity index (χ3n) is 0.707. The summed E-state index contributed by atoms with van der Waals surface area (Å²) in [5, 5.41) is 0. The molecule has 0 saturated carbocycles. The monoisotopic (exact) mass is 94.1 g/mol. The van der Waals surface area contributed by atoms with E-state index in [0.717, 1.165) is 0 Å². The van der Waals surface area contributed by atoms with Gasteiger partial charge in [0, 0.05) is 0 Å². The van der Waals surface area contributed by atoms with Crippen LogP contribution in [-0.2, 0) is 0 Å². The first-order valence-corrected chi connectivity index (χ1v) is 2.41. The van der Waals surface area contributed by atoms with Crippen LogP contribution in [0.5, 0.6) is 0 Å². The molecule has 0 heterocycles. The van der Waals surface area contributed by atoms with E-state index >= 15 is 0 Å². The quantitative estimate of drug-likeness (QED) is 0.324. The molecule has 0 N–H and O–H groups in total. The Morgan fingerprint density at radius 3 is 1.29 bits per heavy atom. The fourth-order valence-electron chi connectivity index (χ4n) is 0.354. The third kappa shape index (κ3) is 20.7. The van der Waals surface area contributed by atoms with E-state index in [9.17, 15) is 0 Å². The minimum Gasteiger partial charge on any atom is -0.358 e. The van der Waals surface area contributed by atoms with Crippen LogP contribution in [0.2, 0.25) is 0 Å². The molecule has 40 valence electrons. The van der Waals surface area contributed by atoms with Crippen LogP contribution in [0.1, 0.15) is 33.1 Å². The molecule has 0 nitrogen and oxygen atoms in total. The van der Waals surface area contributed by atoms with E-state index in [1.807, 2.05) is 0 Å². The summed E-state index contributed by atoms with van der Waals surface area (Å²) in [5.41, 5.74) is 0. The molecule has 0 fully saturated rings. The summed E-state index contributed by atoms with van der Waals surface area (Å²) in [7, 11) is 0. The Balaban J connectivity index is -0.0000000800. The molecule has 0 aliphatic rings. The van der Waals surface area contributed by atoms with Crippen molar-refractivity contribution in [3.05, 3.63) is 7.43 Å². The fourth-order valence-corrected chi connectivity index (χ4v) is 0.354. The van der Waals surface area contributed by atoms with Gasteiger partial charge in [-0.05, 0) is 0 Å². The van der Waals surface area contributed by atoms with Crippen molar-refractivity contribution in [1.82, 2.24) is 0 Å². The second-order valence-electron chi connectivity index (χ2n) is 1.35. The zero-order chi connectivity index (χ0) is 4.12. The summed E-state index contributed by atoms with van der Waals surface area (Å²) in [6.07, 6.45) is 4.08.